The SMILES string of the molecule is Nc1ccccc1Cc1ccccc1N.OCCN(CCO)CCO. The van der Waals surface area contributed by atoms with Crippen molar-refractivity contribution in [1.29, 1.82) is 0 Å². The van der Waals surface area contributed by atoms with Crippen molar-refractivity contribution in [3.8, 4) is 0 Å². The molecule has 2 aromatic rings. The van der Waals surface area contributed by atoms with Crippen molar-refractivity contribution in [2.75, 3.05) is 50.9 Å². The lowest BCUT2D eigenvalue weighted by atomic mass is 10.0. The third-order valence-electron chi connectivity index (χ3n) is 3.74. The van der Waals surface area contributed by atoms with Crippen LogP contribution in [-0.2, 0) is 6.42 Å². The number of aliphatic hydroxyl groups excluding tert-OH is 3. The molecule has 6 heteroatoms. The Balaban J connectivity index is 0.000000275. The van der Waals surface area contributed by atoms with Crippen LogP contribution in [0.15, 0.2) is 48.5 Å². The summed E-state index contributed by atoms with van der Waals surface area (Å²) in [5, 5.41) is 25.5. The van der Waals surface area contributed by atoms with Crippen LogP contribution in [0.1, 0.15) is 11.1 Å². The Morgan fingerprint density at radius 3 is 1.32 bits per heavy atom. The number of hydrogen-bond acceptors (Lipinski definition) is 6. The zero-order chi connectivity index (χ0) is 18.5. The van der Waals surface area contributed by atoms with Gasteiger partial charge in [0.2, 0.25) is 0 Å². The molecule has 0 aliphatic rings. The monoisotopic (exact) mass is 347 g/mol. The molecule has 0 aromatic heterocycles. The van der Waals surface area contributed by atoms with Gasteiger partial charge in [-0.1, -0.05) is 36.4 Å². The maximum absolute atomic E-state index is 8.48. The molecule has 2 aromatic carbocycles. The minimum atomic E-state index is 0.0694. The summed E-state index contributed by atoms with van der Waals surface area (Å²) in [5.74, 6) is 0. The predicted octanol–water partition coefficient (Wildman–Crippen LogP) is 0.707. The lowest BCUT2D eigenvalue weighted by Gasteiger charge is -2.17. The quantitative estimate of drug-likeness (QED) is 0.449. The molecule has 0 heterocycles. The van der Waals surface area contributed by atoms with Crippen LogP contribution in [0.5, 0.6) is 0 Å². The molecule has 2 rings (SSSR count). The van der Waals surface area contributed by atoms with Crippen molar-refractivity contribution in [2.45, 2.75) is 6.42 Å². The van der Waals surface area contributed by atoms with Crippen LogP contribution in [0.25, 0.3) is 0 Å². The molecule has 138 valence electrons. The summed E-state index contributed by atoms with van der Waals surface area (Å²) in [4.78, 5) is 1.79. The summed E-state index contributed by atoms with van der Waals surface area (Å²) in [6.07, 6.45) is 0.791. The van der Waals surface area contributed by atoms with Crippen LogP contribution in [0.3, 0.4) is 0 Å². The molecule has 0 saturated carbocycles. The molecular formula is C19H29N3O3. The lowest BCUT2D eigenvalue weighted by molar-refractivity contribution is 0.136. The number of nitrogen functional groups attached to an aromatic ring is 2. The molecule has 7 N–H and O–H groups in total. The molecule has 0 saturated heterocycles. The first kappa shape index (κ1) is 20.9. The normalized spacial score (nSPS) is 10.4. The van der Waals surface area contributed by atoms with Gasteiger partial charge in [0.1, 0.15) is 0 Å². The van der Waals surface area contributed by atoms with Gasteiger partial charge in [-0.25, -0.2) is 0 Å². The molecule has 0 aliphatic heterocycles. The molecule has 0 bridgehead atoms. The average molecular weight is 347 g/mol. The summed E-state index contributed by atoms with van der Waals surface area (Å²) in [6, 6.07) is 15.7. The first-order valence-corrected chi connectivity index (χ1v) is 8.34. The highest BCUT2D eigenvalue weighted by Gasteiger charge is 2.02. The minimum absolute atomic E-state index is 0.0694. The maximum Gasteiger partial charge on any atom is 0.0558 e. The number of hydrogen-bond donors (Lipinski definition) is 5. The summed E-state index contributed by atoms with van der Waals surface area (Å²) in [6.45, 7) is 1.75. The van der Waals surface area contributed by atoms with Gasteiger partial charge in [0.05, 0.1) is 19.8 Å². The number of anilines is 2. The van der Waals surface area contributed by atoms with E-state index in [1.807, 2.05) is 48.5 Å². The van der Waals surface area contributed by atoms with Gasteiger partial charge in [0.25, 0.3) is 0 Å². The van der Waals surface area contributed by atoms with E-state index in [0.717, 1.165) is 28.9 Å². The van der Waals surface area contributed by atoms with E-state index in [-0.39, 0.29) is 19.8 Å². The first-order chi connectivity index (χ1) is 12.1. The van der Waals surface area contributed by atoms with Crippen LogP contribution >= 0.6 is 0 Å². The Kier molecular flexibility index (Phi) is 10.3. The third-order valence-corrected chi connectivity index (χ3v) is 3.74. The Morgan fingerprint density at radius 2 is 1.00 bits per heavy atom. The third kappa shape index (κ3) is 8.00. The first-order valence-electron chi connectivity index (χ1n) is 8.34. The van der Waals surface area contributed by atoms with E-state index in [1.165, 1.54) is 0 Å². The number of nitrogens with two attached hydrogens (primary N) is 2. The van der Waals surface area contributed by atoms with Crippen molar-refractivity contribution in [3.05, 3.63) is 59.7 Å². The van der Waals surface area contributed by atoms with Gasteiger partial charge in [-0.05, 0) is 23.3 Å². The Morgan fingerprint density at radius 1 is 0.640 bits per heavy atom. The van der Waals surface area contributed by atoms with Gasteiger partial charge in [-0.2, -0.15) is 0 Å². The van der Waals surface area contributed by atoms with Gasteiger partial charge >= 0.3 is 0 Å². The second kappa shape index (κ2) is 12.3. The van der Waals surface area contributed by atoms with Crippen molar-refractivity contribution in [2.24, 2.45) is 0 Å². The molecule has 0 atom stereocenters. The molecule has 25 heavy (non-hydrogen) atoms. The Bertz CT molecular complexity index is 550. The zero-order valence-corrected chi connectivity index (χ0v) is 14.5. The van der Waals surface area contributed by atoms with E-state index in [1.54, 1.807) is 4.90 Å². The Labute approximate surface area is 149 Å². The highest BCUT2D eigenvalue weighted by Crippen LogP contribution is 2.19. The number of rotatable bonds is 8. The van der Waals surface area contributed by atoms with Crippen molar-refractivity contribution in [3.63, 3.8) is 0 Å². The van der Waals surface area contributed by atoms with Gasteiger partial charge in [-0.3, -0.25) is 4.90 Å². The van der Waals surface area contributed by atoms with Crippen LogP contribution in [-0.4, -0.2) is 59.7 Å². The number of nitrogens with zero attached hydrogens (tertiary/aromatic N) is 1. The van der Waals surface area contributed by atoms with Gasteiger partial charge in [-0.15, -0.1) is 0 Å². The molecule has 0 amide bonds. The highest BCUT2D eigenvalue weighted by atomic mass is 16.3. The summed E-state index contributed by atoms with van der Waals surface area (Å²) < 4.78 is 0. The average Bonchev–Trinajstić information content (AvgIpc) is 2.60. The molecule has 6 nitrogen and oxygen atoms in total. The van der Waals surface area contributed by atoms with E-state index in [2.05, 4.69) is 0 Å². The molecule has 0 fully saturated rings. The van der Waals surface area contributed by atoms with Crippen molar-refractivity contribution in [1.82, 2.24) is 4.90 Å². The number of benzene rings is 2. The van der Waals surface area contributed by atoms with E-state index in [9.17, 15) is 0 Å². The molecule has 0 aliphatic carbocycles. The van der Waals surface area contributed by atoms with E-state index in [4.69, 9.17) is 26.8 Å². The van der Waals surface area contributed by atoms with Crippen molar-refractivity contribution >= 4 is 11.4 Å². The van der Waals surface area contributed by atoms with Crippen molar-refractivity contribution < 1.29 is 15.3 Å². The minimum Gasteiger partial charge on any atom is -0.398 e. The maximum atomic E-state index is 8.48. The summed E-state index contributed by atoms with van der Waals surface area (Å²) in [5.41, 5.74) is 15.6. The fraction of sp³-hybridized carbons (Fsp3) is 0.368. The largest absolute Gasteiger partial charge is 0.398 e. The fourth-order valence-corrected chi connectivity index (χ4v) is 2.36. The van der Waals surface area contributed by atoms with Crippen LogP contribution < -0.4 is 11.5 Å². The number of para-hydroxylation sites is 2. The molecular weight excluding hydrogens is 318 g/mol. The van der Waals surface area contributed by atoms with E-state index in [0.29, 0.717) is 19.6 Å². The van der Waals surface area contributed by atoms with Gasteiger partial charge < -0.3 is 26.8 Å². The van der Waals surface area contributed by atoms with Crippen LogP contribution in [0.4, 0.5) is 11.4 Å². The standard InChI is InChI=1S/C13H14N2.C6H15NO3/c14-12-7-3-1-5-10(12)9-11-6-2-4-8-13(11)15;8-4-1-7(2-5-9)3-6-10/h1-8H,9,14-15H2;8-10H,1-6H2. The fourth-order valence-electron chi connectivity index (χ4n) is 2.36. The van der Waals surface area contributed by atoms with E-state index < -0.39 is 0 Å². The molecule has 0 radical (unpaired) electrons. The van der Waals surface area contributed by atoms with Crippen LogP contribution in [0.2, 0.25) is 0 Å². The second-order valence-corrected chi connectivity index (χ2v) is 5.59. The van der Waals surface area contributed by atoms with Gasteiger partial charge in [0, 0.05) is 37.4 Å². The smallest absolute Gasteiger partial charge is 0.0558 e. The zero-order valence-electron chi connectivity index (χ0n) is 14.5. The highest BCUT2D eigenvalue weighted by molar-refractivity contribution is 5.53. The molecule has 0 unspecified atom stereocenters. The molecule has 0 spiro atoms. The lowest BCUT2D eigenvalue weighted by Crippen LogP contribution is -2.32. The summed E-state index contributed by atoms with van der Waals surface area (Å²) in [7, 11) is 0. The van der Waals surface area contributed by atoms with E-state index >= 15 is 0 Å². The second-order valence-electron chi connectivity index (χ2n) is 5.59. The van der Waals surface area contributed by atoms with Gasteiger partial charge in [0.15, 0.2) is 0 Å². The number of aliphatic hydroxyl groups is 3. The van der Waals surface area contributed by atoms with Crippen LogP contribution in [0, 0.1) is 0 Å². The predicted molar refractivity (Wildman–Crippen MR) is 102 cm³/mol. The Hall–Kier alpha value is -2.12. The topological polar surface area (TPSA) is 116 Å². The summed E-state index contributed by atoms with van der Waals surface area (Å²) >= 11 is 0.